The van der Waals surface area contributed by atoms with Gasteiger partial charge in [0.15, 0.2) is 0 Å². The van der Waals surface area contributed by atoms with E-state index in [9.17, 15) is 9.59 Å². The Labute approximate surface area is 117 Å². The van der Waals surface area contributed by atoms with Crippen molar-refractivity contribution < 1.29 is 19.1 Å². The summed E-state index contributed by atoms with van der Waals surface area (Å²) in [6, 6.07) is 8.43. The molecule has 1 aromatic carbocycles. The molecular formula is C14H18N2O4. The number of ether oxygens (including phenoxy) is 2. The second-order valence-electron chi connectivity index (χ2n) is 3.64. The monoisotopic (exact) mass is 278 g/mol. The number of carbonyl (C=O) groups is 2. The Morgan fingerprint density at radius 3 is 2.35 bits per heavy atom. The van der Waals surface area contributed by atoms with Gasteiger partial charge < -0.3 is 14.8 Å². The Bertz CT molecular complexity index is 471. The van der Waals surface area contributed by atoms with E-state index in [0.717, 1.165) is 6.08 Å². The highest BCUT2D eigenvalue weighted by Gasteiger charge is 2.08. The first-order valence-corrected chi connectivity index (χ1v) is 6.30. The maximum atomic E-state index is 11.7. The van der Waals surface area contributed by atoms with Gasteiger partial charge in [-0.25, -0.2) is 9.59 Å². The number of para-hydroxylation sites is 1. The average Bonchev–Trinajstić information content (AvgIpc) is 2.40. The normalized spacial score (nSPS) is 10.6. The minimum atomic E-state index is -0.573. The molecule has 0 aromatic heterocycles. The molecule has 0 spiro atoms. The summed E-state index contributed by atoms with van der Waals surface area (Å²) < 4.78 is 9.91. The molecular weight excluding hydrogens is 260 g/mol. The lowest BCUT2D eigenvalue weighted by molar-refractivity contribution is -0.137. The van der Waals surface area contributed by atoms with Crippen LogP contribution >= 0.6 is 0 Å². The predicted molar refractivity (Wildman–Crippen MR) is 74.9 cm³/mol. The van der Waals surface area contributed by atoms with E-state index >= 15 is 0 Å². The van der Waals surface area contributed by atoms with Crippen molar-refractivity contribution in [3.8, 4) is 0 Å². The number of benzene rings is 1. The Morgan fingerprint density at radius 2 is 1.75 bits per heavy atom. The predicted octanol–water partition coefficient (Wildman–Crippen LogP) is 2.25. The first-order valence-electron chi connectivity index (χ1n) is 6.30. The van der Waals surface area contributed by atoms with Crippen molar-refractivity contribution in [2.75, 3.05) is 18.5 Å². The third kappa shape index (κ3) is 5.90. The van der Waals surface area contributed by atoms with Crippen LogP contribution in [0.1, 0.15) is 13.8 Å². The van der Waals surface area contributed by atoms with Gasteiger partial charge in [-0.1, -0.05) is 18.2 Å². The SMILES string of the molecule is CCOC(=O)C=C(NC(=O)Nc1ccccc1)OCC. The van der Waals surface area contributed by atoms with E-state index in [2.05, 4.69) is 10.6 Å². The zero-order chi connectivity index (χ0) is 14.8. The van der Waals surface area contributed by atoms with Crippen molar-refractivity contribution in [2.45, 2.75) is 13.8 Å². The van der Waals surface area contributed by atoms with Gasteiger partial charge >= 0.3 is 12.0 Å². The second-order valence-corrected chi connectivity index (χ2v) is 3.64. The maximum absolute atomic E-state index is 11.7. The van der Waals surface area contributed by atoms with Crippen LogP contribution in [0.25, 0.3) is 0 Å². The molecule has 0 aliphatic heterocycles. The Balaban J connectivity index is 2.61. The summed E-state index contributed by atoms with van der Waals surface area (Å²) in [6.45, 7) is 4.01. The van der Waals surface area contributed by atoms with E-state index in [1.165, 1.54) is 0 Å². The Hall–Kier alpha value is -2.50. The van der Waals surface area contributed by atoms with Gasteiger partial charge in [0, 0.05) is 5.69 Å². The molecule has 6 nitrogen and oxygen atoms in total. The largest absolute Gasteiger partial charge is 0.479 e. The molecule has 0 saturated carbocycles. The van der Waals surface area contributed by atoms with Crippen molar-refractivity contribution in [1.29, 1.82) is 0 Å². The van der Waals surface area contributed by atoms with Crippen molar-refractivity contribution >= 4 is 17.7 Å². The molecule has 0 aliphatic rings. The molecule has 0 heterocycles. The van der Waals surface area contributed by atoms with Crippen LogP contribution in [0.4, 0.5) is 10.5 Å². The molecule has 6 heteroatoms. The number of urea groups is 1. The van der Waals surface area contributed by atoms with Gasteiger partial charge in [-0.15, -0.1) is 0 Å². The van der Waals surface area contributed by atoms with Crippen LogP contribution < -0.4 is 10.6 Å². The van der Waals surface area contributed by atoms with Gasteiger partial charge in [0.2, 0.25) is 5.88 Å². The number of hydrogen-bond acceptors (Lipinski definition) is 4. The number of anilines is 1. The number of rotatable bonds is 6. The smallest absolute Gasteiger partial charge is 0.336 e. The molecule has 2 N–H and O–H groups in total. The molecule has 108 valence electrons. The van der Waals surface area contributed by atoms with Crippen molar-refractivity contribution in [2.24, 2.45) is 0 Å². The lowest BCUT2D eigenvalue weighted by Crippen LogP contribution is -2.30. The molecule has 0 saturated heterocycles. The lowest BCUT2D eigenvalue weighted by atomic mass is 10.3. The highest BCUT2D eigenvalue weighted by Crippen LogP contribution is 2.05. The third-order valence-electron chi connectivity index (χ3n) is 2.10. The van der Waals surface area contributed by atoms with Gasteiger partial charge in [0.1, 0.15) is 0 Å². The van der Waals surface area contributed by atoms with Crippen LogP contribution in [0.2, 0.25) is 0 Å². The Kier molecular flexibility index (Phi) is 6.67. The van der Waals surface area contributed by atoms with E-state index in [-0.39, 0.29) is 12.5 Å². The molecule has 1 rings (SSSR count). The number of hydrogen-bond donors (Lipinski definition) is 2. The maximum Gasteiger partial charge on any atom is 0.336 e. The van der Waals surface area contributed by atoms with Crippen LogP contribution in [0.5, 0.6) is 0 Å². The number of carbonyl (C=O) groups excluding carboxylic acids is 2. The minimum Gasteiger partial charge on any atom is -0.479 e. The molecule has 2 amide bonds. The van der Waals surface area contributed by atoms with E-state index in [4.69, 9.17) is 9.47 Å². The Morgan fingerprint density at radius 1 is 1.10 bits per heavy atom. The lowest BCUT2D eigenvalue weighted by Gasteiger charge is -2.11. The highest BCUT2D eigenvalue weighted by atomic mass is 16.5. The van der Waals surface area contributed by atoms with Gasteiger partial charge in [0.05, 0.1) is 19.3 Å². The first kappa shape index (κ1) is 15.6. The summed E-state index contributed by atoms with van der Waals surface area (Å²) in [5.74, 6) is -0.532. The fourth-order valence-corrected chi connectivity index (χ4v) is 1.36. The molecule has 0 atom stereocenters. The van der Waals surface area contributed by atoms with Crippen LogP contribution in [-0.4, -0.2) is 25.2 Å². The van der Waals surface area contributed by atoms with Gasteiger partial charge in [-0.2, -0.15) is 0 Å². The standard InChI is InChI=1S/C14H18N2O4/c1-3-19-12(10-13(17)20-4-2)16-14(18)15-11-8-6-5-7-9-11/h5-10H,3-4H2,1-2H3,(H2,15,16,18). The third-order valence-corrected chi connectivity index (χ3v) is 2.10. The summed E-state index contributed by atoms with van der Waals surface area (Å²) in [5, 5.41) is 5.06. The topological polar surface area (TPSA) is 76.7 Å². The van der Waals surface area contributed by atoms with Crippen molar-refractivity contribution in [3.05, 3.63) is 42.3 Å². The summed E-state index contributed by atoms with van der Waals surface area (Å²) in [6.07, 6.45) is 1.09. The van der Waals surface area contributed by atoms with Gasteiger partial charge in [0.25, 0.3) is 0 Å². The summed E-state index contributed by atoms with van der Waals surface area (Å²) in [4.78, 5) is 23.1. The zero-order valence-electron chi connectivity index (χ0n) is 11.5. The number of amides is 2. The van der Waals surface area contributed by atoms with E-state index < -0.39 is 12.0 Å². The fourth-order valence-electron chi connectivity index (χ4n) is 1.36. The van der Waals surface area contributed by atoms with Crippen LogP contribution in [0.3, 0.4) is 0 Å². The van der Waals surface area contributed by atoms with E-state index in [1.807, 2.05) is 6.07 Å². The van der Waals surface area contributed by atoms with Crippen LogP contribution in [-0.2, 0) is 14.3 Å². The molecule has 0 unspecified atom stereocenters. The molecule has 0 radical (unpaired) electrons. The second kappa shape index (κ2) is 8.58. The van der Waals surface area contributed by atoms with Gasteiger partial charge in [-0.05, 0) is 26.0 Å². The minimum absolute atomic E-state index is 0.0411. The molecule has 0 fully saturated rings. The molecule has 20 heavy (non-hydrogen) atoms. The number of nitrogens with one attached hydrogen (secondary N) is 2. The van der Waals surface area contributed by atoms with Crippen molar-refractivity contribution in [3.63, 3.8) is 0 Å². The summed E-state index contributed by atoms with van der Waals surface area (Å²) in [5.41, 5.74) is 0.636. The zero-order valence-corrected chi connectivity index (χ0v) is 11.5. The van der Waals surface area contributed by atoms with E-state index in [0.29, 0.717) is 12.3 Å². The average molecular weight is 278 g/mol. The highest BCUT2D eigenvalue weighted by molar-refractivity contribution is 5.91. The molecule has 0 aliphatic carbocycles. The fraction of sp³-hybridized carbons (Fsp3) is 0.286. The van der Waals surface area contributed by atoms with Crippen LogP contribution in [0, 0.1) is 0 Å². The first-order chi connectivity index (χ1) is 9.65. The summed E-state index contributed by atoms with van der Waals surface area (Å²) in [7, 11) is 0. The van der Waals surface area contributed by atoms with Crippen molar-refractivity contribution in [1.82, 2.24) is 5.32 Å². The van der Waals surface area contributed by atoms with E-state index in [1.54, 1.807) is 38.1 Å². The quantitative estimate of drug-likeness (QED) is 0.475. The molecule has 0 bridgehead atoms. The molecule has 1 aromatic rings. The summed E-state index contributed by atoms with van der Waals surface area (Å²) >= 11 is 0. The van der Waals surface area contributed by atoms with Crippen LogP contribution in [0.15, 0.2) is 42.3 Å². The van der Waals surface area contributed by atoms with Gasteiger partial charge in [-0.3, -0.25) is 5.32 Å². The number of esters is 1.